The summed E-state index contributed by atoms with van der Waals surface area (Å²) >= 11 is 4.93. The van der Waals surface area contributed by atoms with Crippen molar-refractivity contribution in [1.82, 2.24) is 5.32 Å². The van der Waals surface area contributed by atoms with Crippen LogP contribution in [0.15, 0.2) is 28.7 Å². The van der Waals surface area contributed by atoms with Gasteiger partial charge in [-0.15, -0.1) is 0 Å². The van der Waals surface area contributed by atoms with Gasteiger partial charge >= 0.3 is 5.97 Å². The molecule has 19 heavy (non-hydrogen) atoms. The molecule has 0 fully saturated rings. The van der Waals surface area contributed by atoms with Crippen LogP contribution >= 0.6 is 27.7 Å². The van der Waals surface area contributed by atoms with Gasteiger partial charge in [0, 0.05) is 4.47 Å². The Hall–Kier alpha value is -1.01. The van der Waals surface area contributed by atoms with Crippen molar-refractivity contribution in [2.45, 2.75) is 19.4 Å². The van der Waals surface area contributed by atoms with Crippen molar-refractivity contribution in [1.29, 1.82) is 0 Å². The maximum Gasteiger partial charge on any atom is 0.326 e. The zero-order valence-electron chi connectivity index (χ0n) is 10.6. The number of aliphatic carboxylic acids is 1. The number of halogens is 1. The standard InChI is InChI=1S/C13H16BrNO3S/c1-2-19-8-7-11(13(17)18)15-12(16)9-5-3-4-6-10(9)14/h3-6,11H,2,7-8H2,1H3,(H,15,16)(H,17,18). The minimum Gasteiger partial charge on any atom is -0.480 e. The average molecular weight is 346 g/mol. The van der Waals surface area contributed by atoms with E-state index in [4.69, 9.17) is 5.11 Å². The maximum absolute atomic E-state index is 12.0. The fraction of sp³-hybridized carbons (Fsp3) is 0.385. The third-order valence-corrected chi connectivity index (χ3v) is 4.10. The third kappa shape index (κ3) is 5.24. The fourth-order valence-electron chi connectivity index (χ4n) is 1.48. The summed E-state index contributed by atoms with van der Waals surface area (Å²) in [6.07, 6.45) is 0.421. The highest BCUT2D eigenvalue weighted by Crippen LogP contribution is 2.16. The number of benzene rings is 1. The number of nitrogens with one attached hydrogen (secondary N) is 1. The van der Waals surface area contributed by atoms with Crippen LogP contribution in [0.1, 0.15) is 23.7 Å². The second-order valence-electron chi connectivity index (χ2n) is 3.83. The molecule has 0 heterocycles. The summed E-state index contributed by atoms with van der Waals surface area (Å²) in [5, 5.41) is 11.7. The highest BCUT2D eigenvalue weighted by Gasteiger charge is 2.21. The highest BCUT2D eigenvalue weighted by molar-refractivity contribution is 9.10. The number of hydrogen-bond donors (Lipinski definition) is 2. The molecule has 0 radical (unpaired) electrons. The van der Waals surface area contributed by atoms with Gasteiger partial charge in [-0.2, -0.15) is 11.8 Å². The van der Waals surface area contributed by atoms with Crippen LogP contribution in [-0.2, 0) is 4.79 Å². The minimum atomic E-state index is -1.00. The predicted molar refractivity (Wildman–Crippen MR) is 80.6 cm³/mol. The van der Waals surface area contributed by atoms with Gasteiger partial charge < -0.3 is 10.4 Å². The van der Waals surface area contributed by atoms with Gasteiger partial charge in [-0.05, 0) is 46.0 Å². The van der Waals surface area contributed by atoms with Crippen molar-refractivity contribution < 1.29 is 14.7 Å². The first-order chi connectivity index (χ1) is 9.06. The lowest BCUT2D eigenvalue weighted by Gasteiger charge is -2.14. The van der Waals surface area contributed by atoms with E-state index in [1.54, 1.807) is 36.0 Å². The van der Waals surface area contributed by atoms with Crippen LogP contribution in [-0.4, -0.2) is 34.5 Å². The molecule has 104 valence electrons. The van der Waals surface area contributed by atoms with Crippen molar-refractivity contribution >= 4 is 39.6 Å². The Balaban J connectivity index is 2.66. The fourth-order valence-corrected chi connectivity index (χ4v) is 2.64. The lowest BCUT2D eigenvalue weighted by atomic mass is 10.1. The summed E-state index contributed by atoms with van der Waals surface area (Å²) in [6.45, 7) is 2.01. The van der Waals surface area contributed by atoms with E-state index in [1.165, 1.54) is 0 Å². The molecular formula is C13H16BrNO3S. The summed E-state index contributed by atoms with van der Waals surface area (Å²) in [5.41, 5.74) is 0.442. The molecule has 0 saturated heterocycles. The van der Waals surface area contributed by atoms with Gasteiger partial charge in [0.05, 0.1) is 5.56 Å². The Bertz CT molecular complexity index is 453. The molecule has 0 bridgehead atoms. The summed E-state index contributed by atoms with van der Waals surface area (Å²) in [4.78, 5) is 23.1. The quantitative estimate of drug-likeness (QED) is 0.745. The summed E-state index contributed by atoms with van der Waals surface area (Å²) in [6, 6.07) is 6.09. The van der Waals surface area contributed by atoms with Gasteiger partial charge in [0.1, 0.15) is 6.04 Å². The van der Waals surface area contributed by atoms with Crippen molar-refractivity contribution in [2.24, 2.45) is 0 Å². The number of amides is 1. The molecule has 4 nitrogen and oxygen atoms in total. The van der Waals surface area contributed by atoms with Crippen molar-refractivity contribution in [3.63, 3.8) is 0 Å². The van der Waals surface area contributed by atoms with Crippen LogP contribution in [0.2, 0.25) is 0 Å². The highest BCUT2D eigenvalue weighted by atomic mass is 79.9. The van der Waals surface area contributed by atoms with Crippen LogP contribution in [0, 0.1) is 0 Å². The van der Waals surface area contributed by atoms with Crippen LogP contribution in [0.4, 0.5) is 0 Å². The van der Waals surface area contributed by atoms with Gasteiger partial charge in [-0.25, -0.2) is 4.79 Å². The molecule has 0 aromatic heterocycles. The molecule has 0 aliphatic carbocycles. The van der Waals surface area contributed by atoms with Gasteiger partial charge in [0.2, 0.25) is 0 Å². The lowest BCUT2D eigenvalue weighted by Crippen LogP contribution is -2.41. The number of hydrogen-bond acceptors (Lipinski definition) is 3. The lowest BCUT2D eigenvalue weighted by molar-refractivity contribution is -0.139. The van der Waals surface area contributed by atoms with E-state index in [9.17, 15) is 9.59 Å². The van der Waals surface area contributed by atoms with E-state index in [-0.39, 0.29) is 5.91 Å². The first-order valence-corrected chi connectivity index (χ1v) is 7.87. The van der Waals surface area contributed by atoms with Gasteiger partial charge in [0.25, 0.3) is 5.91 Å². The molecule has 0 aliphatic heterocycles. The summed E-state index contributed by atoms with van der Waals surface area (Å²) < 4.78 is 0.652. The Labute approximate surface area is 125 Å². The molecule has 0 spiro atoms. The van der Waals surface area contributed by atoms with Gasteiger partial charge in [0.15, 0.2) is 0 Å². The zero-order valence-corrected chi connectivity index (χ0v) is 13.0. The molecule has 1 aromatic rings. The normalized spacial score (nSPS) is 11.9. The number of carboxylic acids is 1. The maximum atomic E-state index is 12.0. The van der Waals surface area contributed by atoms with E-state index >= 15 is 0 Å². The molecular weight excluding hydrogens is 330 g/mol. The molecule has 1 amide bonds. The number of rotatable bonds is 7. The van der Waals surface area contributed by atoms with E-state index in [2.05, 4.69) is 21.2 Å². The van der Waals surface area contributed by atoms with Crippen LogP contribution in [0.3, 0.4) is 0 Å². The molecule has 1 aromatic carbocycles. The smallest absolute Gasteiger partial charge is 0.326 e. The SMILES string of the molecule is CCSCCC(NC(=O)c1ccccc1Br)C(=O)O. The van der Waals surface area contributed by atoms with Crippen molar-refractivity contribution in [3.8, 4) is 0 Å². The van der Waals surface area contributed by atoms with Crippen LogP contribution in [0.5, 0.6) is 0 Å². The van der Waals surface area contributed by atoms with E-state index < -0.39 is 12.0 Å². The molecule has 1 unspecified atom stereocenters. The summed E-state index contributed by atoms with van der Waals surface area (Å²) in [7, 11) is 0. The Kier molecular flexibility index (Phi) is 6.94. The molecule has 0 aliphatic rings. The van der Waals surface area contributed by atoms with Gasteiger partial charge in [-0.1, -0.05) is 19.1 Å². The van der Waals surface area contributed by atoms with Crippen molar-refractivity contribution in [3.05, 3.63) is 34.3 Å². The number of thioether (sulfide) groups is 1. The Morgan fingerprint density at radius 3 is 2.68 bits per heavy atom. The third-order valence-electron chi connectivity index (χ3n) is 2.48. The monoisotopic (exact) mass is 345 g/mol. The number of carbonyl (C=O) groups excluding carboxylic acids is 1. The van der Waals surface area contributed by atoms with Crippen molar-refractivity contribution in [2.75, 3.05) is 11.5 Å². The second-order valence-corrected chi connectivity index (χ2v) is 6.08. The van der Waals surface area contributed by atoms with E-state index in [1.807, 2.05) is 6.92 Å². The molecule has 1 atom stereocenters. The van der Waals surface area contributed by atoms with E-state index in [0.29, 0.717) is 22.2 Å². The minimum absolute atomic E-state index is 0.374. The zero-order chi connectivity index (χ0) is 14.3. The Morgan fingerprint density at radius 1 is 1.42 bits per heavy atom. The van der Waals surface area contributed by atoms with Crippen LogP contribution in [0.25, 0.3) is 0 Å². The van der Waals surface area contributed by atoms with Gasteiger partial charge in [-0.3, -0.25) is 4.79 Å². The molecule has 6 heteroatoms. The number of carboxylic acid groups (broad SMARTS) is 1. The molecule has 0 saturated carbocycles. The first-order valence-electron chi connectivity index (χ1n) is 5.92. The largest absolute Gasteiger partial charge is 0.480 e. The average Bonchev–Trinajstić information content (AvgIpc) is 2.38. The Morgan fingerprint density at radius 2 is 2.11 bits per heavy atom. The molecule has 1 rings (SSSR count). The van der Waals surface area contributed by atoms with Crippen LogP contribution < -0.4 is 5.32 Å². The topological polar surface area (TPSA) is 66.4 Å². The predicted octanol–water partition coefficient (Wildman–Crippen LogP) is 2.78. The molecule has 2 N–H and O–H groups in total. The second kappa shape index (κ2) is 8.22. The first kappa shape index (κ1) is 16.0. The summed E-state index contributed by atoms with van der Waals surface area (Å²) in [5.74, 6) is 0.271. The van der Waals surface area contributed by atoms with E-state index in [0.717, 1.165) is 5.75 Å². The number of carbonyl (C=O) groups is 2.